The Bertz CT molecular complexity index is 876. The number of hydrogen-bond acceptors (Lipinski definition) is 5. The van der Waals surface area contributed by atoms with Crippen molar-refractivity contribution in [3.8, 4) is 17.2 Å². The summed E-state index contributed by atoms with van der Waals surface area (Å²) in [7, 11) is 3.69. The summed E-state index contributed by atoms with van der Waals surface area (Å²) in [6.45, 7) is 1.09. The van der Waals surface area contributed by atoms with E-state index in [0.29, 0.717) is 17.9 Å². The Balaban J connectivity index is 1.62. The highest BCUT2D eigenvalue weighted by Crippen LogP contribution is 2.50. The maximum Gasteiger partial charge on any atom is 0.231 e. The number of ketones is 1. The smallest absolute Gasteiger partial charge is 0.231 e. The maximum absolute atomic E-state index is 12.7. The molecule has 5 nitrogen and oxygen atoms in total. The van der Waals surface area contributed by atoms with E-state index in [9.17, 15) is 4.79 Å². The van der Waals surface area contributed by atoms with Crippen LogP contribution in [0.15, 0.2) is 42.5 Å². The van der Waals surface area contributed by atoms with E-state index in [1.165, 1.54) is 5.56 Å². The molecule has 0 bridgehead atoms. The molecule has 0 aromatic heterocycles. The average Bonchev–Trinajstić information content (AvgIpc) is 3.16. The molecule has 2 aromatic rings. The molecule has 140 valence electrons. The Hall–Kier alpha value is -2.79. The number of fused-ring (bicyclic) bond motifs is 2. The third kappa shape index (κ3) is 3.43. The number of benzene rings is 2. The van der Waals surface area contributed by atoms with Crippen molar-refractivity contribution < 1.29 is 19.0 Å². The van der Waals surface area contributed by atoms with Gasteiger partial charge in [0.2, 0.25) is 12.5 Å². The van der Waals surface area contributed by atoms with Crippen LogP contribution in [0.4, 0.5) is 0 Å². The second-order valence-electron chi connectivity index (χ2n) is 6.88. The molecule has 4 rings (SSSR count). The lowest BCUT2D eigenvalue weighted by Crippen LogP contribution is -2.33. The van der Waals surface area contributed by atoms with Crippen LogP contribution in [0.2, 0.25) is 0 Å². The van der Waals surface area contributed by atoms with Gasteiger partial charge in [-0.15, -0.1) is 0 Å². The van der Waals surface area contributed by atoms with Crippen LogP contribution in [0.5, 0.6) is 17.2 Å². The summed E-state index contributed by atoms with van der Waals surface area (Å²) in [5.41, 5.74) is 3.22. The van der Waals surface area contributed by atoms with E-state index in [2.05, 4.69) is 4.90 Å². The molecule has 27 heavy (non-hydrogen) atoms. The second kappa shape index (κ2) is 7.45. The van der Waals surface area contributed by atoms with Crippen molar-refractivity contribution >= 4 is 11.9 Å². The Morgan fingerprint density at radius 2 is 2.11 bits per heavy atom. The number of carbonyl (C=O) groups is 1. The van der Waals surface area contributed by atoms with Gasteiger partial charge in [0.15, 0.2) is 17.3 Å². The molecule has 0 amide bonds. The first kappa shape index (κ1) is 17.6. The van der Waals surface area contributed by atoms with Crippen molar-refractivity contribution in [2.24, 2.45) is 0 Å². The molecule has 2 heterocycles. The zero-order valence-corrected chi connectivity index (χ0v) is 15.6. The SMILES string of the molecule is COc1c2c(cc3c1[C@H](CC(=O)C=Cc1ccccc1)N(C)CC3)OCO2. The topological polar surface area (TPSA) is 48.0 Å². The number of methoxy groups -OCH3 is 1. The third-order valence-corrected chi connectivity index (χ3v) is 5.20. The lowest BCUT2D eigenvalue weighted by atomic mass is 9.88. The summed E-state index contributed by atoms with van der Waals surface area (Å²) >= 11 is 0. The van der Waals surface area contributed by atoms with Gasteiger partial charge in [0.05, 0.1) is 7.11 Å². The van der Waals surface area contributed by atoms with E-state index in [0.717, 1.165) is 29.8 Å². The van der Waals surface area contributed by atoms with Gasteiger partial charge in [-0.1, -0.05) is 36.4 Å². The van der Waals surface area contributed by atoms with Crippen molar-refractivity contribution in [1.29, 1.82) is 0 Å². The molecule has 1 atom stereocenters. The Morgan fingerprint density at radius 1 is 1.30 bits per heavy atom. The lowest BCUT2D eigenvalue weighted by molar-refractivity contribution is -0.115. The van der Waals surface area contributed by atoms with Gasteiger partial charge in [0.1, 0.15) is 0 Å². The van der Waals surface area contributed by atoms with Crippen LogP contribution in [0.3, 0.4) is 0 Å². The summed E-state index contributed by atoms with van der Waals surface area (Å²) < 4.78 is 16.8. The number of rotatable bonds is 5. The van der Waals surface area contributed by atoms with Crippen molar-refractivity contribution in [2.45, 2.75) is 18.9 Å². The normalized spacial score (nSPS) is 18.5. The van der Waals surface area contributed by atoms with Crippen LogP contribution >= 0.6 is 0 Å². The number of nitrogens with zero attached hydrogens (tertiary/aromatic N) is 1. The van der Waals surface area contributed by atoms with Crippen molar-refractivity contribution in [3.05, 3.63) is 59.2 Å². The maximum atomic E-state index is 12.7. The van der Waals surface area contributed by atoms with Crippen LogP contribution in [0.1, 0.15) is 29.2 Å². The molecule has 0 saturated heterocycles. The van der Waals surface area contributed by atoms with Gasteiger partial charge in [-0.3, -0.25) is 9.69 Å². The minimum Gasteiger partial charge on any atom is -0.492 e. The van der Waals surface area contributed by atoms with Gasteiger partial charge in [0, 0.05) is 24.6 Å². The summed E-state index contributed by atoms with van der Waals surface area (Å²) in [6, 6.07) is 11.8. The molecule has 2 aliphatic rings. The molecule has 2 aliphatic heterocycles. The van der Waals surface area contributed by atoms with E-state index in [1.807, 2.05) is 49.5 Å². The molecule has 0 N–H and O–H groups in total. The van der Waals surface area contributed by atoms with Crippen molar-refractivity contribution in [1.82, 2.24) is 4.90 Å². The number of ether oxygens (including phenoxy) is 3. The Labute approximate surface area is 159 Å². The standard InChI is InChI=1S/C22H23NO4/c1-23-11-10-16-12-19-21(27-14-26-19)22(25-2)20(16)18(23)13-17(24)9-8-15-6-4-3-5-7-15/h3-9,12,18H,10-11,13-14H2,1-2H3/t18-/m0/s1. The van der Waals surface area contributed by atoms with Crippen LogP contribution in [-0.2, 0) is 11.2 Å². The zero-order valence-electron chi connectivity index (χ0n) is 15.6. The van der Waals surface area contributed by atoms with Gasteiger partial charge >= 0.3 is 0 Å². The van der Waals surface area contributed by atoms with Crippen LogP contribution in [0, 0.1) is 0 Å². The molecule has 5 heteroatoms. The molecule has 0 saturated carbocycles. The van der Waals surface area contributed by atoms with Crippen molar-refractivity contribution in [2.75, 3.05) is 27.5 Å². The highest BCUT2D eigenvalue weighted by atomic mass is 16.7. The van der Waals surface area contributed by atoms with Crippen LogP contribution < -0.4 is 14.2 Å². The average molecular weight is 365 g/mol. The summed E-state index contributed by atoms with van der Waals surface area (Å²) in [6.07, 6.45) is 4.81. The van der Waals surface area contributed by atoms with Crippen LogP contribution in [0.25, 0.3) is 6.08 Å². The van der Waals surface area contributed by atoms with E-state index in [1.54, 1.807) is 13.2 Å². The van der Waals surface area contributed by atoms with Crippen LogP contribution in [-0.4, -0.2) is 38.2 Å². The first-order chi connectivity index (χ1) is 13.2. The van der Waals surface area contributed by atoms with E-state index >= 15 is 0 Å². The quantitative estimate of drug-likeness (QED) is 0.758. The molecular weight excluding hydrogens is 342 g/mol. The Kier molecular flexibility index (Phi) is 4.86. The summed E-state index contributed by atoms with van der Waals surface area (Å²) in [5, 5.41) is 0. The molecule has 0 radical (unpaired) electrons. The first-order valence-electron chi connectivity index (χ1n) is 9.13. The van der Waals surface area contributed by atoms with Gasteiger partial charge in [-0.25, -0.2) is 0 Å². The summed E-state index contributed by atoms with van der Waals surface area (Å²) in [4.78, 5) is 14.9. The number of carbonyl (C=O) groups excluding carboxylic acids is 1. The monoisotopic (exact) mass is 365 g/mol. The fourth-order valence-electron chi connectivity index (χ4n) is 3.80. The largest absolute Gasteiger partial charge is 0.492 e. The van der Waals surface area contributed by atoms with Crippen molar-refractivity contribution in [3.63, 3.8) is 0 Å². The predicted molar refractivity (Wildman–Crippen MR) is 103 cm³/mol. The van der Waals surface area contributed by atoms with E-state index in [-0.39, 0.29) is 18.6 Å². The molecular formula is C22H23NO4. The van der Waals surface area contributed by atoms with E-state index in [4.69, 9.17) is 14.2 Å². The van der Waals surface area contributed by atoms with Gasteiger partial charge < -0.3 is 14.2 Å². The first-order valence-corrected chi connectivity index (χ1v) is 9.13. The van der Waals surface area contributed by atoms with Gasteiger partial charge in [0.25, 0.3) is 0 Å². The molecule has 0 unspecified atom stereocenters. The highest BCUT2D eigenvalue weighted by Gasteiger charge is 2.34. The Morgan fingerprint density at radius 3 is 2.89 bits per heavy atom. The zero-order chi connectivity index (χ0) is 18.8. The minimum absolute atomic E-state index is 0.0499. The van der Waals surface area contributed by atoms with Gasteiger partial charge in [-0.05, 0) is 36.7 Å². The lowest BCUT2D eigenvalue weighted by Gasteiger charge is -2.35. The fraction of sp³-hybridized carbons (Fsp3) is 0.318. The van der Waals surface area contributed by atoms with Gasteiger partial charge in [-0.2, -0.15) is 0 Å². The third-order valence-electron chi connectivity index (χ3n) is 5.20. The second-order valence-corrected chi connectivity index (χ2v) is 6.88. The summed E-state index contributed by atoms with van der Waals surface area (Å²) in [5.74, 6) is 2.15. The highest BCUT2D eigenvalue weighted by molar-refractivity contribution is 5.94. The molecule has 0 fully saturated rings. The van der Waals surface area contributed by atoms with E-state index < -0.39 is 0 Å². The number of allylic oxidation sites excluding steroid dienone is 1. The molecule has 0 spiro atoms. The fourth-order valence-corrected chi connectivity index (χ4v) is 3.80. The minimum atomic E-state index is -0.0499. The predicted octanol–water partition coefficient (Wildman–Crippen LogP) is 3.63. The number of likely N-dealkylation sites (N-methyl/N-ethyl adjacent to an activating group) is 1. The number of hydrogen-bond donors (Lipinski definition) is 0. The molecule has 2 aromatic carbocycles. The molecule has 0 aliphatic carbocycles.